The summed E-state index contributed by atoms with van der Waals surface area (Å²) >= 11 is 5.70. The molecule has 0 aliphatic rings. The highest BCUT2D eigenvalue weighted by Gasteiger charge is 2.16. The third-order valence-electron chi connectivity index (χ3n) is 3.23. The van der Waals surface area contributed by atoms with Gasteiger partial charge in [0.05, 0.1) is 10.9 Å². The smallest absolute Gasteiger partial charge is 0.261 e. The minimum atomic E-state index is -3.92. The van der Waals surface area contributed by atoms with Crippen molar-refractivity contribution in [3.05, 3.63) is 58.1 Å². The molecule has 2 aromatic carbocycles. The molecule has 0 radical (unpaired) electrons. The van der Waals surface area contributed by atoms with Gasteiger partial charge in [0.2, 0.25) is 0 Å². The monoisotopic (exact) mass is 338 g/mol. The molecule has 0 fully saturated rings. The van der Waals surface area contributed by atoms with Crippen molar-refractivity contribution in [1.29, 1.82) is 0 Å². The van der Waals surface area contributed by atoms with E-state index in [1.54, 1.807) is 18.2 Å². The van der Waals surface area contributed by atoms with Crippen LogP contribution in [0.15, 0.2) is 41.3 Å². The molecular weight excluding hydrogens is 326 g/mol. The molecule has 2 aromatic rings. The van der Waals surface area contributed by atoms with Crippen LogP contribution in [-0.2, 0) is 10.0 Å². The number of carboxylic acids is 1. The molecule has 1 N–H and O–H groups in total. The van der Waals surface area contributed by atoms with E-state index >= 15 is 0 Å². The molecule has 5 nitrogen and oxygen atoms in total. The first-order valence-corrected chi connectivity index (χ1v) is 8.18. The Morgan fingerprint density at radius 2 is 1.77 bits per heavy atom. The molecule has 0 saturated carbocycles. The van der Waals surface area contributed by atoms with Gasteiger partial charge in [-0.1, -0.05) is 17.7 Å². The van der Waals surface area contributed by atoms with E-state index in [0.717, 1.165) is 17.2 Å². The Morgan fingerprint density at radius 1 is 1.09 bits per heavy atom. The number of carbonyl (C=O) groups is 1. The molecule has 0 saturated heterocycles. The molecule has 116 valence electrons. The normalized spacial score (nSPS) is 11.2. The number of benzene rings is 2. The lowest BCUT2D eigenvalue weighted by molar-refractivity contribution is -0.255. The van der Waals surface area contributed by atoms with Crippen LogP contribution in [0.3, 0.4) is 0 Å². The number of nitrogens with one attached hydrogen (secondary N) is 1. The number of aryl methyl sites for hydroxylation is 2. The topological polar surface area (TPSA) is 86.3 Å². The SMILES string of the molecule is Cc1ccc(NS(=O)(=O)c2ccc(Cl)c(C(=O)[O-])c2)cc1C. The number of carboxylic acid groups (broad SMARTS) is 1. The lowest BCUT2D eigenvalue weighted by atomic mass is 10.1. The van der Waals surface area contributed by atoms with Crippen LogP contribution in [0.4, 0.5) is 5.69 Å². The van der Waals surface area contributed by atoms with Gasteiger partial charge in [-0.2, -0.15) is 0 Å². The minimum Gasteiger partial charge on any atom is -0.545 e. The summed E-state index contributed by atoms with van der Waals surface area (Å²) in [5.74, 6) is -1.53. The largest absolute Gasteiger partial charge is 0.545 e. The van der Waals surface area contributed by atoms with Gasteiger partial charge in [-0.3, -0.25) is 4.72 Å². The molecule has 0 atom stereocenters. The molecule has 0 aliphatic carbocycles. The summed E-state index contributed by atoms with van der Waals surface area (Å²) < 4.78 is 27.0. The van der Waals surface area contributed by atoms with E-state index < -0.39 is 16.0 Å². The zero-order chi connectivity index (χ0) is 16.5. The first kappa shape index (κ1) is 16.3. The predicted octanol–water partition coefficient (Wildman–Crippen LogP) is 2.12. The predicted molar refractivity (Wildman–Crippen MR) is 82.5 cm³/mol. The summed E-state index contributed by atoms with van der Waals surface area (Å²) in [6.45, 7) is 3.78. The highest BCUT2D eigenvalue weighted by atomic mass is 35.5. The third kappa shape index (κ3) is 3.40. The van der Waals surface area contributed by atoms with Crippen molar-refractivity contribution >= 4 is 33.3 Å². The van der Waals surface area contributed by atoms with Gasteiger partial charge in [-0.05, 0) is 55.3 Å². The molecule has 2 rings (SSSR count). The van der Waals surface area contributed by atoms with E-state index in [1.807, 2.05) is 13.8 Å². The Balaban J connectivity index is 2.40. The zero-order valence-electron chi connectivity index (χ0n) is 11.9. The fourth-order valence-electron chi connectivity index (χ4n) is 1.85. The average Bonchev–Trinajstić information content (AvgIpc) is 2.42. The van der Waals surface area contributed by atoms with E-state index in [4.69, 9.17) is 11.6 Å². The van der Waals surface area contributed by atoms with Gasteiger partial charge < -0.3 is 9.90 Å². The number of carbonyl (C=O) groups excluding carboxylic acids is 1. The number of sulfonamides is 1. The Labute approximate surface area is 133 Å². The van der Waals surface area contributed by atoms with Crippen LogP contribution in [0.25, 0.3) is 0 Å². The van der Waals surface area contributed by atoms with Crippen molar-refractivity contribution in [2.75, 3.05) is 4.72 Å². The molecule has 7 heteroatoms. The zero-order valence-corrected chi connectivity index (χ0v) is 13.5. The second-order valence-corrected chi connectivity index (χ2v) is 6.92. The van der Waals surface area contributed by atoms with Crippen LogP contribution in [0.2, 0.25) is 5.02 Å². The van der Waals surface area contributed by atoms with Crippen molar-refractivity contribution in [2.24, 2.45) is 0 Å². The number of aromatic carboxylic acids is 1. The lowest BCUT2D eigenvalue weighted by Gasteiger charge is -2.12. The second-order valence-electron chi connectivity index (χ2n) is 4.83. The summed E-state index contributed by atoms with van der Waals surface area (Å²) in [6, 6.07) is 8.54. The summed E-state index contributed by atoms with van der Waals surface area (Å²) in [7, 11) is -3.92. The molecule has 0 heterocycles. The highest BCUT2D eigenvalue weighted by molar-refractivity contribution is 7.92. The van der Waals surface area contributed by atoms with E-state index in [-0.39, 0.29) is 15.5 Å². The Morgan fingerprint density at radius 3 is 2.36 bits per heavy atom. The van der Waals surface area contributed by atoms with Crippen molar-refractivity contribution in [3.63, 3.8) is 0 Å². The fraction of sp³-hybridized carbons (Fsp3) is 0.133. The third-order valence-corrected chi connectivity index (χ3v) is 4.94. The molecule has 0 aromatic heterocycles. The van der Waals surface area contributed by atoms with Gasteiger partial charge in [0.15, 0.2) is 0 Å². The second kappa shape index (κ2) is 5.98. The van der Waals surface area contributed by atoms with Crippen molar-refractivity contribution in [3.8, 4) is 0 Å². The molecule has 0 bridgehead atoms. The summed E-state index contributed by atoms with van der Waals surface area (Å²) in [4.78, 5) is 10.7. The van der Waals surface area contributed by atoms with Gasteiger partial charge in [-0.15, -0.1) is 0 Å². The van der Waals surface area contributed by atoms with Gasteiger partial charge in [0.25, 0.3) is 10.0 Å². The van der Waals surface area contributed by atoms with Crippen LogP contribution in [0.5, 0.6) is 0 Å². The number of hydrogen-bond acceptors (Lipinski definition) is 4. The Kier molecular flexibility index (Phi) is 4.44. The van der Waals surface area contributed by atoms with Crippen molar-refractivity contribution in [2.45, 2.75) is 18.7 Å². The van der Waals surface area contributed by atoms with E-state index in [1.165, 1.54) is 12.1 Å². The fourth-order valence-corrected chi connectivity index (χ4v) is 3.12. The molecule has 22 heavy (non-hydrogen) atoms. The summed E-state index contributed by atoms with van der Waals surface area (Å²) in [5, 5.41) is 10.9. The maximum Gasteiger partial charge on any atom is 0.261 e. The standard InChI is InChI=1S/C15H14ClNO4S/c1-9-3-4-11(7-10(9)2)17-22(20,21)12-5-6-14(16)13(8-12)15(18)19/h3-8,17H,1-2H3,(H,18,19)/p-1. The Hall–Kier alpha value is -2.05. The van der Waals surface area contributed by atoms with E-state index in [2.05, 4.69) is 4.72 Å². The number of anilines is 1. The number of hydrogen-bond donors (Lipinski definition) is 1. The Bertz CT molecular complexity index is 847. The van der Waals surface area contributed by atoms with E-state index in [9.17, 15) is 18.3 Å². The quantitative estimate of drug-likeness (QED) is 0.925. The first-order valence-electron chi connectivity index (χ1n) is 6.31. The lowest BCUT2D eigenvalue weighted by Crippen LogP contribution is -2.23. The van der Waals surface area contributed by atoms with Gasteiger partial charge in [-0.25, -0.2) is 8.42 Å². The van der Waals surface area contributed by atoms with Gasteiger partial charge in [0, 0.05) is 16.3 Å². The molecule has 0 aliphatic heterocycles. The summed E-state index contributed by atoms with van der Waals surface area (Å²) in [5.41, 5.74) is 2.00. The first-order chi connectivity index (χ1) is 10.2. The van der Waals surface area contributed by atoms with Crippen molar-refractivity contribution < 1.29 is 18.3 Å². The number of halogens is 1. The van der Waals surface area contributed by atoms with Crippen LogP contribution < -0.4 is 9.83 Å². The van der Waals surface area contributed by atoms with Crippen LogP contribution in [-0.4, -0.2) is 14.4 Å². The minimum absolute atomic E-state index is 0.0786. The van der Waals surface area contributed by atoms with Gasteiger partial charge >= 0.3 is 0 Å². The average molecular weight is 339 g/mol. The molecular formula is C15H13ClNO4S-. The van der Waals surface area contributed by atoms with E-state index in [0.29, 0.717) is 5.69 Å². The molecule has 0 unspecified atom stereocenters. The van der Waals surface area contributed by atoms with Crippen molar-refractivity contribution in [1.82, 2.24) is 0 Å². The molecule has 0 amide bonds. The van der Waals surface area contributed by atoms with Gasteiger partial charge in [0.1, 0.15) is 0 Å². The number of rotatable bonds is 4. The van der Waals surface area contributed by atoms with Crippen LogP contribution >= 0.6 is 11.6 Å². The summed E-state index contributed by atoms with van der Waals surface area (Å²) in [6.07, 6.45) is 0. The van der Waals surface area contributed by atoms with Crippen LogP contribution in [0.1, 0.15) is 21.5 Å². The highest BCUT2D eigenvalue weighted by Crippen LogP contribution is 2.23. The van der Waals surface area contributed by atoms with Crippen LogP contribution in [0, 0.1) is 13.8 Å². The maximum absolute atomic E-state index is 12.3. The molecule has 0 spiro atoms. The maximum atomic E-state index is 12.3.